The molecule has 0 atom stereocenters. The molecule has 1 amide bonds. The average molecular weight is 362 g/mol. The lowest BCUT2D eigenvalue weighted by atomic mass is 10.1. The molecule has 0 radical (unpaired) electrons. The lowest BCUT2D eigenvalue weighted by Crippen LogP contribution is -2.14. The summed E-state index contributed by atoms with van der Waals surface area (Å²) in [7, 11) is -2.09. The number of hydrogen-bond acceptors (Lipinski definition) is 5. The Hall–Kier alpha value is -2.87. The summed E-state index contributed by atoms with van der Waals surface area (Å²) in [6.45, 7) is 1.80. The molecule has 2 N–H and O–H groups in total. The number of carbonyl (C=O) groups excluding carboxylic acids is 2. The quantitative estimate of drug-likeness (QED) is 0.795. The van der Waals surface area contributed by atoms with Gasteiger partial charge in [-0.3, -0.25) is 9.52 Å². The van der Waals surface area contributed by atoms with Gasteiger partial charge in [-0.25, -0.2) is 13.2 Å². The van der Waals surface area contributed by atoms with Gasteiger partial charge in [0.15, 0.2) is 0 Å². The molecule has 0 saturated carbocycles. The zero-order chi connectivity index (χ0) is 18.6. The van der Waals surface area contributed by atoms with Crippen LogP contribution in [0.2, 0.25) is 0 Å². The number of amides is 1. The first kappa shape index (κ1) is 18.5. The third-order valence-corrected chi connectivity index (χ3v) is 3.96. The maximum atomic E-state index is 12.3. The number of benzene rings is 2. The molecule has 0 aliphatic carbocycles. The summed E-state index contributed by atoms with van der Waals surface area (Å²) >= 11 is 0. The molecule has 8 heteroatoms. The number of esters is 1. The second kappa shape index (κ2) is 7.35. The van der Waals surface area contributed by atoms with Crippen molar-refractivity contribution in [2.45, 2.75) is 6.92 Å². The Bertz CT molecular complexity index is 905. The standard InChI is InChI=1S/C17H18N2O5S/c1-11-4-5-13(17(21)24-2)10-15(11)18-16(20)12-6-8-14(9-7-12)19-25(3,22)23/h4-10,19H,1-3H3,(H,18,20). The summed E-state index contributed by atoms with van der Waals surface area (Å²) < 4.78 is 29.4. The summed E-state index contributed by atoms with van der Waals surface area (Å²) in [6.07, 6.45) is 1.05. The van der Waals surface area contributed by atoms with Crippen LogP contribution in [0.3, 0.4) is 0 Å². The third kappa shape index (κ3) is 5.05. The second-order valence-corrected chi connectivity index (χ2v) is 7.18. The molecule has 0 aliphatic heterocycles. The second-order valence-electron chi connectivity index (χ2n) is 5.43. The van der Waals surface area contributed by atoms with Crippen LogP contribution in [0.5, 0.6) is 0 Å². The van der Waals surface area contributed by atoms with Crippen molar-refractivity contribution in [1.29, 1.82) is 0 Å². The van der Waals surface area contributed by atoms with Crippen LogP contribution in [-0.4, -0.2) is 33.7 Å². The fourth-order valence-corrected chi connectivity index (χ4v) is 2.66. The van der Waals surface area contributed by atoms with Crippen molar-refractivity contribution in [3.05, 3.63) is 59.2 Å². The number of methoxy groups -OCH3 is 1. The molecule has 0 aromatic heterocycles. The SMILES string of the molecule is COC(=O)c1ccc(C)c(NC(=O)c2ccc(NS(C)(=O)=O)cc2)c1. The molecule has 7 nitrogen and oxygen atoms in total. The molecule has 2 aromatic carbocycles. The molecule has 0 heterocycles. The summed E-state index contributed by atoms with van der Waals surface area (Å²) in [5.41, 5.74) is 2.32. The number of nitrogens with one attached hydrogen (secondary N) is 2. The fraction of sp³-hybridized carbons (Fsp3) is 0.176. The lowest BCUT2D eigenvalue weighted by molar-refractivity contribution is 0.0600. The van der Waals surface area contributed by atoms with Crippen LogP contribution in [-0.2, 0) is 14.8 Å². The van der Waals surface area contributed by atoms with E-state index < -0.39 is 16.0 Å². The van der Waals surface area contributed by atoms with Crippen molar-refractivity contribution in [2.24, 2.45) is 0 Å². The van der Waals surface area contributed by atoms with Crippen molar-refractivity contribution in [3.63, 3.8) is 0 Å². The normalized spacial score (nSPS) is 10.8. The molecule has 2 rings (SSSR count). The van der Waals surface area contributed by atoms with Gasteiger partial charge in [-0.1, -0.05) is 6.07 Å². The Morgan fingerprint density at radius 1 is 1.00 bits per heavy atom. The van der Waals surface area contributed by atoms with Crippen LogP contribution in [0.4, 0.5) is 11.4 Å². The summed E-state index contributed by atoms with van der Waals surface area (Å²) in [6, 6.07) is 10.9. The monoisotopic (exact) mass is 362 g/mol. The largest absolute Gasteiger partial charge is 0.465 e. The van der Waals surface area contributed by atoms with Crippen molar-refractivity contribution in [1.82, 2.24) is 0 Å². The first-order valence-corrected chi connectivity index (χ1v) is 9.17. The Kier molecular flexibility index (Phi) is 5.43. The highest BCUT2D eigenvalue weighted by atomic mass is 32.2. The molecule has 25 heavy (non-hydrogen) atoms. The van der Waals surface area contributed by atoms with E-state index in [9.17, 15) is 18.0 Å². The van der Waals surface area contributed by atoms with Crippen LogP contribution in [0.1, 0.15) is 26.3 Å². The molecule has 2 aromatic rings. The lowest BCUT2D eigenvalue weighted by Gasteiger charge is -2.10. The van der Waals surface area contributed by atoms with Crippen LogP contribution >= 0.6 is 0 Å². The molecular formula is C17H18N2O5S. The smallest absolute Gasteiger partial charge is 0.337 e. The molecule has 0 unspecified atom stereocenters. The predicted molar refractivity (Wildman–Crippen MR) is 95.4 cm³/mol. The number of sulfonamides is 1. The van der Waals surface area contributed by atoms with Gasteiger partial charge in [0.1, 0.15) is 0 Å². The zero-order valence-corrected chi connectivity index (χ0v) is 14.8. The van der Waals surface area contributed by atoms with Crippen molar-refractivity contribution < 1.29 is 22.7 Å². The number of hydrogen-bond donors (Lipinski definition) is 2. The van der Waals surface area contributed by atoms with Crippen molar-refractivity contribution >= 4 is 33.3 Å². The molecule has 0 saturated heterocycles. The van der Waals surface area contributed by atoms with E-state index in [4.69, 9.17) is 0 Å². The van der Waals surface area contributed by atoms with E-state index in [-0.39, 0.29) is 5.91 Å². The van der Waals surface area contributed by atoms with E-state index in [2.05, 4.69) is 14.8 Å². The first-order chi connectivity index (χ1) is 11.7. The Labute approximate surface area is 146 Å². The predicted octanol–water partition coefficient (Wildman–Crippen LogP) is 2.41. The molecule has 132 valence electrons. The van der Waals surface area contributed by atoms with Gasteiger partial charge in [0.05, 0.1) is 18.9 Å². The Balaban J connectivity index is 2.18. The van der Waals surface area contributed by atoms with E-state index >= 15 is 0 Å². The first-order valence-electron chi connectivity index (χ1n) is 7.28. The molecule has 0 aliphatic rings. The number of carbonyl (C=O) groups is 2. The van der Waals surface area contributed by atoms with Gasteiger partial charge < -0.3 is 10.1 Å². The highest BCUT2D eigenvalue weighted by molar-refractivity contribution is 7.92. The summed E-state index contributed by atoms with van der Waals surface area (Å²) in [4.78, 5) is 23.9. The van der Waals surface area contributed by atoms with Gasteiger partial charge in [-0.15, -0.1) is 0 Å². The van der Waals surface area contributed by atoms with Crippen molar-refractivity contribution in [2.75, 3.05) is 23.4 Å². The maximum absolute atomic E-state index is 12.3. The van der Waals surface area contributed by atoms with Crippen molar-refractivity contribution in [3.8, 4) is 0 Å². The van der Waals surface area contributed by atoms with E-state index in [1.165, 1.54) is 31.4 Å². The highest BCUT2D eigenvalue weighted by Crippen LogP contribution is 2.19. The number of aryl methyl sites for hydroxylation is 1. The number of anilines is 2. The number of rotatable bonds is 5. The van der Waals surface area contributed by atoms with Crippen LogP contribution in [0, 0.1) is 6.92 Å². The van der Waals surface area contributed by atoms with E-state index in [0.29, 0.717) is 22.5 Å². The van der Waals surface area contributed by atoms with Crippen LogP contribution < -0.4 is 10.0 Å². The van der Waals surface area contributed by atoms with Gasteiger partial charge in [-0.2, -0.15) is 0 Å². The highest BCUT2D eigenvalue weighted by Gasteiger charge is 2.12. The molecule has 0 spiro atoms. The van der Waals surface area contributed by atoms with Gasteiger partial charge in [0.25, 0.3) is 5.91 Å². The minimum atomic E-state index is -3.37. The Morgan fingerprint density at radius 3 is 2.16 bits per heavy atom. The maximum Gasteiger partial charge on any atom is 0.337 e. The summed E-state index contributed by atoms with van der Waals surface area (Å²) in [5, 5.41) is 2.73. The minimum absolute atomic E-state index is 0.330. The molecule has 0 fully saturated rings. The average Bonchev–Trinajstić information content (AvgIpc) is 2.55. The van der Waals surface area contributed by atoms with Gasteiger partial charge in [-0.05, 0) is 48.9 Å². The van der Waals surface area contributed by atoms with E-state index in [0.717, 1.165) is 11.8 Å². The van der Waals surface area contributed by atoms with Gasteiger partial charge in [0, 0.05) is 16.9 Å². The van der Waals surface area contributed by atoms with E-state index in [1.54, 1.807) is 25.1 Å². The molecule has 0 bridgehead atoms. The summed E-state index contributed by atoms with van der Waals surface area (Å²) in [5.74, 6) is -0.872. The van der Waals surface area contributed by atoms with Gasteiger partial charge >= 0.3 is 5.97 Å². The van der Waals surface area contributed by atoms with Gasteiger partial charge in [0.2, 0.25) is 10.0 Å². The van der Waals surface area contributed by atoms with Crippen LogP contribution in [0.25, 0.3) is 0 Å². The molecular weight excluding hydrogens is 344 g/mol. The fourth-order valence-electron chi connectivity index (χ4n) is 2.10. The van der Waals surface area contributed by atoms with Crippen LogP contribution in [0.15, 0.2) is 42.5 Å². The Morgan fingerprint density at radius 2 is 1.60 bits per heavy atom. The minimum Gasteiger partial charge on any atom is -0.465 e. The zero-order valence-electron chi connectivity index (χ0n) is 14.0. The van der Waals surface area contributed by atoms with E-state index in [1.807, 2.05) is 0 Å². The topological polar surface area (TPSA) is 102 Å². The number of ether oxygens (including phenoxy) is 1. The third-order valence-electron chi connectivity index (χ3n) is 3.36.